The van der Waals surface area contributed by atoms with Crippen molar-refractivity contribution in [3.05, 3.63) is 15.9 Å². The normalized spacial score (nSPS) is 12.3. The smallest absolute Gasteiger partial charge is 0.237 e. The molecular weight excluding hydrogens is 276 g/mol. The molecule has 74 valence electrons. The van der Waals surface area contributed by atoms with E-state index in [0.29, 0.717) is 4.21 Å². The third kappa shape index (κ3) is 3.03. The van der Waals surface area contributed by atoms with Gasteiger partial charge in [-0.25, -0.2) is 13.4 Å². The zero-order valence-electron chi connectivity index (χ0n) is 7.11. The number of hydrazine groups is 1. The predicted molar refractivity (Wildman–Crippen MR) is 56.0 cm³/mol. The van der Waals surface area contributed by atoms with Crippen molar-refractivity contribution in [2.45, 2.75) is 4.21 Å². The molecule has 0 saturated heterocycles. The average Bonchev–Trinajstić information content (AvgIpc) is 2.32. The molecule has 4 nitrogen and oxygen atoms in total. The van der Waals surface area contributed by atoms with Crippen molar-refractivity contribution in [2.24, 2.45) is 0 Å². The molecular formula is C6H9BrN2O2S2. The Hall–Kier alpha value is 0.0500. The van der Waals surface area contributed by atoms with Crippen LogP contribution in [0.25, 0.3) is 0 Å². The number of sulfonamides is 1. The Morgan fingerprint density at radius 2 is 2.08 bits per heavy atom. The Kier molecular flexibility index (Phi) is 3.47. The Morgan fingerprint density at radius 1 is 1.46 bits per heavy atom. The molecule has 0 aliphatic rings. The van der Waals surface area contributed by atoms with Crippen molar-refractivity contribution in [3.63, 3.8) is 0 Å². The van der Waals surface area contributed by atoms with Crippen LogP contribution in [0.5, 0.6) is 0 Å². The highest BCUT2D eigenvalue weighted by Crippen LogP contribution is 2.25. The molecule has 0 aliphatic heterocycles. The second kappa shape index (κ2) is 4.05. The van der Waals surface area contributed by atoms with E-state index in [1.54, 1.807) is 26.2 Å². The minimum absolute atomic E-state index is 0.299. The van der Waals surface area contributed by atoms with Crippen LogP contribution in [0.4, 0.5) is 0 Å². The summed E-state index contributed by atoms with van der Waals surface area (Å²) in [6.45, 7) is 0. The minimum atomic E-state index is -3.37. The van der Waals surface area contributed by atoms with Gasteiger partial charge in [0.05, 0.1) is 3.79 Å². The molecule has 0 spiro atoms. The maximum absolute atomic E-state index is 11.5. The number of thiophene rings is 1. The molecule has 0 atom stereocenters. The summed E-state index contributed by atoms with van der Waals surface area (Å²) in [6, 6.07) is 3.26. The van der Waals surface area contributed by atoms with Crippen molar-refractivity contribution in [3.8, 4) is 0 Å². The summed E-state index contributed by atoms with van der Waals surface area (Å²) in [4.78, 5) is 2.34. The second-order valence-corrected chi connectivity index (χ2v) is 6.90. The first kappa shape index (κ1) is 11.1. The summed E-state index contributed by atoms with van der Waals surface area (Å²) in [7, 11) is -0.124. The van der Waals surface area contributed by atoms with Crippen molar-refractivity contribution >= 4 is 37.3 Å². The zero-order valence-corrected chi connectivity index (χ0v) is 10.3. The molecule has 0 bridgehead atoms. The monoisotopic (exact) mass is 284 g/mol. The summed E-state index contributed by atoms with van der Waals surface area (Å²) >= 11 is 4.38. The number of halogens is 1. The van der Waals surface area contributed by atoms with E-state index in [1.165, 1.54) is 16.3 Å². The molecule has 0 aliphatic carbocycles. The van der Waals surface area contributed by atoms with Crippen LogP contribution >= 0.6 is 27.3 Å². The first-order chi connectivity index (χ1) is 5.92. The molecule has 0 amide bonds. The fourth-order valence-electron chi connectivity index (χ4n) is 0.727. The fourth-order valence-corrected chi connectivity index (χ4v) is 3.81. The van der Waals surface area contributed by atoms with E-state index in [4.69, 9.17) is 0 Å². The highest BCUT2D eigenvalue weighted by Gasteiger charge is 2.16. The Balaban J connectivity index is 2.95. The molecule has 1 N–H and O–H groups in total. The van der Waals surface area contributed by atoms with E-state index in [9.17, 15) is 8.42 Å². The first-order valence-corrected chi connectivity index (χ1v) is 6.46. The summed E-state index contributed by atoms with van der Waals surface area (Å²) in [6.07, 6.45) is 0. The quantitative estimate of drug-likeness (QED) is 0.851. The molecule has 1 aromatic rings. The molecule has 1 rings (SSSR count). The molecule has 0 radical (unpaired) electrons. The van der Waals surface area contributed by atoms with Crippen LogP contribution in [-0.4, -0.2) is 27.5 Å². The second-order valence-electron chi connectivity index (χ2n) is 2.55. The van der Waals surface area contributed by atoms with Crippen LogP contribution in [-0.2, 0) is 10.0 Å². The van der Waals surface area contributed by atoms with E-state index < -0.39 is 10.0 Å². The van der Waals surface area contributed by atoms with E-state index >= 15 is 0 Å². The summed E-state index contributed by atoms with van der Waals surface area (Å²) < 4.78 is 24.1. The van der Waals surface area contributed by atoms with Crippen molar-refractivity contribution in [1.82, 2.24) is 9.84 Å². The van der Waals surface area contributed by atoms with Crippen LogP contribution in [0, 0.1) is 0 Å². The minimum Gasteiger partial charge on any atom is -0.237 e. The van der Waals surface area contributed by atoms with E-state index in [-0.39, 0.29) is 0 Å². The molecule has 0 saturated carbocycles. The topological polar surface area (TPSA) is 49.4 Å². The van der Waals surface area contributed by atoms with Crippen molar-refractivity contribution in [2.75, 3.05) is 14.1 Å². The van der Waals surface area contributed by atoms with Gasteiger partial charge in [0.15, 0.2) is 0 Å². The maximum Gasteiger partial charge on any atom is 0.262 e. The molecule has 1 heterocycles. The van der Waals surface area contributed by atoms with Gasteiger partial charge in [0.25, 0.3) is 10.0 Å². The lowest BCUT2D eigenvalue weighted by Crippen LogP contribution is -2.35. The average molecular weight is 285 g/mol. The van der Waals surface area contributed by atoms with Crippen molar-refractivity contribution < 1.29 is 8.42 Å². The van der Waals surface area contributed by atoms with Gasteiger partial charge in [-0.15, -0.1) is 16.2 Å². The van der Waals surface area contributed by atoms with E-state index in [2.05, 4.69) is 20.8 Å². The number of nitrogens with zero attached hydrogens (tertiary/aromatic N) is 1. The van der Waals surface area contributed by atoms with E-state index in [1.807, 2.05) is 0 Å². The molecule has 13 heavy (non-hydrogen) atoms. The Morgan fingerprint density at radius 3 is 2.46 bits per heavy atom. The summed E-state index contributed by atoms with van der Waals surface area (Å²) in [5.41, 5.74) is 0. The van der Waals surface area contributed by atoms with Crippen LogP contribution in [0.2, 0.25) is 0 Å². The lowest BCUT2D eigenvalue weighted by Gasteiger charge is -2.10. The molecule has 0 fully saturated rings. The Bertz CT molecular complexity index is 385. The van der Waals surface area contributed by atoms with E-state index in [0.717, 1.165) is 3.79 Å². The lowest BCUT2D eigenvalue weighted by molar-refractivity contribution is 0.364. The van der Waals surface area contributed by atoms with Crippen LogP contribution in [0.1, 0.15) is 0 Å². The number of hydrogen-bond acceptors (Lipinski definition) is 4. The van der Waals surface area contributed by atoms with Gasteiger partial charge in [-0.2, -0.15) is 0 Å². The largest absolute Gasteiger partial charge is 0.262 e. The van der Waals surface area contributed by atoms with Gasteiger partial charge in [-0.05, 0) is 28.1 Å². The SMILES string of the molecule is CN(C)NS(=O)(=O)c1ccc(Br)s1. The highest BCUT2D eigenvalue weighted by atomic mass is 79.9. The lowest BCUT2D eigenvalue weighted by atomic mass is 10.7. The molecule has 0 unspecified atom stereocenters. The van der Waals surface area contributed by atoms with Gasteiger partial charge in [0, 0.05) is 14.1 Å². The van der Waals surface area contributed by atoms with Crippen LogP contribution in [0.15, 0.2) is 20.1 Å². The standard InChI is InChI=1S/C6H9BrN2O2S2/c1-9(2)8-13(10,11)6-4-3-5(7)12-6/h3-4,8H,1-2H3. The first-order valence-electron chi connectivity index (χ1n) is 3.37. The van der Waals surface area contributed by atoms with Gasteiger partial charge < -0.3 is 0 Å². The van der Waals surface area contributed by atoms with Gasteiger partial charge in [0.1, 0.15) is 4.21 Å². The van der Waals surface area contributed by atoms with Gasteiger partial charge >= 0.3 is 0 Å². The summed E-state index contributed by atoms with van der Waals surface area (Å²) in [5, 5.41) is 1.39. The molecule has 0 aromatic carbocycles. The highest BCUT2D eigenvalue weighted by molar-refractivity contribution is 9.11. The number of nitrogens with one attached hydrogen (secondary N) is 1. The summed E-state index contributed by atoms with van der Waals surface area (Å²) in [5.74, 6) is 0. The predicted octanol–water partition coefficient (Wildman–Crippen LogP) is 1.27. The maximum atomic E-state index is 11.5. The van der Waals surface area contributed by atoms with Gasteiger partial charge in [0.2, 0.25) is 0 Å². The Labute approximate surface area is 89.7 Å². The third-order valence-corrected chi connectivity index (χ3v) is 4.71. The fraction of sp³-hybridized carbons (Fsp3) is 0.333. The van der Waals surface area contributed by atoms with Gasteiger partial charge in [-0.3, -0.25) is 0 Å². The third-order valence-electron chi connectivity index (χ3n) is 1.12. The zero-order chi connectivity index (χ0) is 10.1. The molecule has 7 heteroatoms. The van der Waals surface area contributed by atoms with Crippen LogP contribution in [0.3, 0.4) is 0 Å². The van der Waals surface area contributed by atoms with Gasteiger partial charge in [-0.1, -0.05) is 0 Å². The number of rotatable bonds is 3. The van der Waals surface area contributed by atoms with Crippen LogP contribution < -0.4 is 4.83 Å². The van der Waals surface area contributed by atoms with Crippen molar-refractivity contribution in [1.29, 1.82) is 0 Å². The number of hydrogen-bond donors (Lipinski definition) is 1. The molecule has 1 aromatic heterocycles.